The molecule has 1 saturated carbocycles. The van der Waals surface area contributed by atoms with Crippen molar-refractivity contribution in [1.29, 1.82) is 0 Å². The first-order valence-corrected chi connectivity index (χ1v) is 6.19. The summed E-state index contributed by atoms with van der Waals surface area (Å²) in [5, 5.41) is 0. The van der Waals surface area contributed by atoms with Gasteiger partial charge in [0, 0.05) is 0 Å². The number of rotatable bonds is 4. The molecule has 15 heavy (non-hydrogen) atoms. The quantitative estimate of drug-likeness (QED) is 0.512. The van der Waals surface area contributed by atoms with E-state index in [0.717, 1.165) is 17.8 Å². The van der Waals surface area contributed by atoms with Gasteiger partial charge in [-0.3, -0.25) is 0 Å². The molecule has 1 rings (SSSR count). The molecule has 0 aromatic rings. The van der Waals surface area contributed by atoms with Gasteiger partial charge >= 0.3 is 51.4 Å². The fraction of sp³-hybridized carbons (Fsp3) is 0.929. The van der Waals surface area contributed by atoms with Crippen molar-refractivity contribution < 1.29 is 52.8 Å². The molecule has 0 heterocycles. The maximum atomic E-state index is 8.03. The van der Waals surface area contributed by atoms with Gasteiger partial charge < -0.3 is 6.42 Å². The average Bonchev–Trinajstić information content (AvgIpc) is 2.31. The van der Waals surface area contributed by atoms with Crippen molar-refractivity contribution >= 4 is 0 Å². The molecule has 1 aliphatic carbocycles. The van der Waals surface area contributed by atoms with Crippen molar-refractivity contribution in [3.63, 3.8) is 0 Å². The van der Waals surface area contributed by atoms with Gasteiger partial charge in [-0.05, 0) is 13.2 Å². The van der Waals surface area contributed by atoms with E-state index in [1.807, 2.05) is 0 Å². The normalized spacial score (nSPS) is 36.9. The minimum atomic E-state index is 0. The Hall–Kier alpha value is 1.64. The molecular weight excluding hydrogens is 207 g/mol. The Morgan fingerprint density at radius 2 is 1.73 bits per heavy atom. The molecule has 1 aliphatic rings. The minimum Gasteiger partial charge on any atom is -0.325 e. The van der Waals surface area contributed by atoms with E-state index in [0.29, 0.717) is 11.8 Å². The van der Waals surface area contributed by atoms with Crippen LogP contribution in [0.1, 0.15) is 55.2 Å². The molecule has 0 N–H and O–H groups in total. The van der Waals surface area contributed by atoms with Gasteiger partial charge in [-0.1, -0.05) is 59.3 Å². The second-order valence-corrected chi connectivity index (χ2v) is 5.83. The monoisotopic (exact) mass is 235 g/mol. The molecule has 0 nitrogen and oxygen atoms in total. The third kappa shape index (κ3) is 5.67. The Bertz CT molecular complexity index is 189. The van der Waals surface area contributed by atoms with Crippen LogP contribution in [0.3, 0.4) is 0 Å². The van der Waals surface area contributed by atoms with E-state index in [9.17, 15) is 0 Å². The first-order chi connectivity index (χ1) is 6.91. The maximum absolute atomic E-state index is 8.03. The summed E-state index contributed by atoms with van der Waals surface area (Å²) in [5.41, 5.74) is 0. The maximum Gasteiger partial charge on any atom is 1.00 e. The predicted octanol–water partition coefficient (Wildman–Crippen LogP) is 1.56. The molecule has 84 valence electrons. The molecule has 0 amide bonds. The zero-order chi connectivity index (χ0) is 11.6. The zero-order valence-corrected chi connectivity index (χ0v) is 14.6. The Morgan fingerprint density at radius 1 is 1.20 bits per heavy atom. The third-order valence-corrected chi connectivity index (χ3v) is 3.37. The second-order valence-electron chi connectivity index (χ2n) is 5.83. The minimum absolute atomic E-state index is 0. The van der Waals surface area contributed by atoms with E-state index in [4.69, 9.17) is 1.37 Å². The van der Waals surface area contributed by atoms with E-state index in [1.54, 1.807) is 0 Å². The van der Waals surface area contributed by atoms with Gasteiger partial charge in [-0.2, -0.15) is 12.3 Å². The predicted molar refractivity (Wildman–Crippen MR) is 64.0 cm³/mol. The molecule has 0 aliphatic heterocycles. The standard InChI is InChI=1S/C14H27.K/c1-10(2)8-13-7-6-12(5)14(13)9-11(3)4;/h7,10-14H,6,8-9H2,1-5H3;/q-1;+1/i6D;. The molecule has 0 saturated heterocycles. The SMILES string of the molecule is [2H]C1[CH-]C(CC(C)C)C(CC(C)C)C1C.[K+]. The van der Waals surface area contributed by atoms with Crippen LogP contribution >= 0.6 is 0 Å². The summed E-state index contributed by atoms with van der Waals surface area (Å²) >= 11 is 0. The van der Waals surface area contributed by atoms with Gasteiger partial charge in [0.05, 0.1) is 0 Å². The van der Waals surface area contributed by atoms with Gasteiger partial charge in [-0.25, -0.2) is 0 Å². The van der Waals surface area contributed by atoms with E-state index in [2.05, 4.69) is 41.0 Å². The van der Waals surface area contributed by atoms with E-state index in [-0.39, 0.29) is 57.8 Å². The smallest absolute Gasteiger partial charge is 0.325 e. The van der Waals surface area contributed by atoms with E-state index in [1.165, 1.54) is 12.8 Å². The zero-order valence-electron chi connectivity index (χ0n) is 12.5. The molecule has 1 fully saturated rings. The van der Waals surface area contributed by atoms with E-state index >= 15 is 0 Å². The molecule has 0 aromatic carbocycles. The van der Waals surface area contributed by atoms with Crippen LogP contribution in [-0.2, 0) is 0 Å². The van der Waals surface area contributed by atoms with Crippen molar-refractivity contribution in [2.45, 2.75) is 53.9 Å². The molecule has 1 heteroatoms. The van der Waals surface area contributed by atoms with Crippen molar-refractivity contribution in [3.05, 3.63) is 6.42 Å². The average molecular weight is 235 g/mol. The van der Waals surface area contributed by atoms with Crippen LogP contribution in [0.15, 0.2) is 0 Å². The molecule has 4 unspecified atom stereocenters. The first kappa shape index (κ1) is 14.7. The summed E-state index contributed by atoms with van der Waals surface area (Å²) in [5.74, 6) is 3.56. The molecule has 0 aromatic heterocycles. The fourth-order valence-corrected chi connectivity index (χ4v) is 2.72. The summed E-state index contributed by atoms with van der Waals surface area (Å²) < 4.78 is 8.03. The Labute approximate surface area is 141 Å². The van der Waals surface area contributed by atoms with Gasteiger partial charge in [0.2, 0.25) is 0 Å². The first-order valence-electron chi connectivity index (χ1n) is 6.76. The van der Waals surface area contributed by atoms with Crippen LogP contribution in [-0.4, -0.2) is 0 Å². The summed E-state index contributed by atoms with van der Waals surface area (Å²) in [7, 11) is 0. The van der Waals surface area contributed by atoms with Crippen LogP contribution < -0.4 is 51.4 Å². The van der Waals surface area contributed by atoms with Crippen molar-refractivity contribution in [3.8, 4) is 0 Å². The van der Waals surface area contributed by atoms with Gasteiger partial charge in [0.15, 0.2) is 0 Å². The number of hydrogen-bond acceptors (Lipinski definition) is 0. The molecule has 0 bridgehead atoms. The van der Waals surface area contributed by atoms with Gasteiger partial charge in [0.1, 0.15) is 0 Å². The summed E-state index contributed by atoms with van der Waals surface area (Å²) in [6, 6.07) is 0. The topological polar surface area (TPSA) is 0 Å². The van der Waals surface area contributed by atoms with Crippen LogP contribution in [0.2, 0.25) is 0 Å². The van der Waals surface area contributed by atoms with Gasteiger partial charge in [0.25, 0.3) is 0 Å². The summed E-state index contributed by atoms with van der Waals surface area (Å²) in [6.45, 7) is 11.5. The molecule has 0 radical (unpaired) electrons. The summed E-state index contributed by atoms with van der Waals surface area (Å²) in [6.07, 6.45) is 4.96. The molecule has 0 spiro atoms. The van der Waals surface area contributed by atoms with Crippen LogP contribution in [0.4, 0.5) is 0 Å². The van der Waals surface area contributed by atoms with Crippen LogP contribution in [0.5, 0.6) is 0 Å². The van der Waals surface area contributed by atoms with Crippen molar-refractivity contribution in [1.82, 2.24) is 0 Å². The van der Waals surface area contributed by atoms with Crippen LogP contribution in [0, 0.1) is 36.0 Å². The van der Waals surface area contributed by atoms with E-state index < -0.39 is 0 Å². The Kier molecular flexibility index (Phi) is 7.71. The Balaban J connectivity index is 0.00000225. The van der Waals surface area contributed by atoms with Crippen LogP contribution in [0.25, 0.3) is 0 Å². The van der Waals surface area contributed by atoms with Crippen molar-refractivity contribution in [2.75, 3.05) is 0 Å². The molecule has 4 atom stereocenters. The number of hydrogen-bond donors (Lipinski definition) is 0. The van der Waals surface area contributed by atoms with Crippen molar-refractivity contribution in [2.24, 2.45) is 29.6 Å². The van der Waals surface area contributed by atoms with Gasteiger partial charge in [-0.15, -0.1) is 0 Å². The third-order valence-electron chi connectivity index (χ3n) is 3.37. The Morgan fingerprint density at radius 3 is 2.20 bits per heavy atom. The second kappa shape index (κ2) is 7.87. The fourth-order valence-electron chi connectivity index (χ4n) is 2.72. The molecular formula is C14H27K. The summed E-state index contributed by atoms with van der Waals surface area (Å²) in [4.78, 5) is 0. The largest absolute Gasteiger partial charge is 1.00 e.